The predicted molar refractivity (Wildman–Crippen MR) is 48.8 cm³/mol. The topological polar surface area (TPSA) is 0 Å². The maximum atomic E-state index is 2.46. The summed E-state index contributed by atoms with van der Waals surface area (Å²) < 4.78 is 0.609. The molecule has 0 saturated heterocycles. The van der Waals surface area contributed by atoms with Crippen molar-refractivity contribution in [2.45, 2.75) is 44.7 Å². The van der Waals surface area contributed by atoms with Crippen LogP contribution in [0.5, 0.6) is 0 Å². The van der Waals surface area contributed by atoms with Gasteiger partial charge in [0.25, 0.3) is 0 Å². The molecular formula is C7H18SeSi. The van der Waals surface area contributed by atoms with E-state index in [1.165, 1.54) is 0 Å². The third-order valence-electron chi connectivity index (χ3n) is 0.612. The van der Waals surface area contributed by atoms with Gasteiger partial charge in [-0.25, -0.2) is 0 Å². The Morgan fingerprint density at radius 1 is 1.00 bits per heavy atom. The Balaban J connectivity index is 3.75. The van der Waals surface area contributed by atoms with Gasteiger partial charge in [-0.05, 0) is 0 Å². The summed E-state index contributed by atoms with van der Waals surface area (Å²) in [4.78, 5) is 0. The summed E-state index contributed by atoms with van der Waals surface area (Å²) in [6, 6.07) is 0. The second kappa shape index (κ2) is 2.77. The van der Waals surface area contributed by atoms with Crippen molar-refractivity contribution in [3.63, 3.8) is 0 Å². The molecule has 0 amide bonds. The average Bonchev–Trinajstić information content (AvgIpc) is 1.14. The van der Waals surface area contributed by atoms with Gasteiger partial charge in [-0.2, -0.15) is 0 Å². The van der Waals surface area contributed by atoms with E-state index in [2.05, 4.69) is 40.4 Å². The Bertz CT molecular complexity index is 74.1. The monoisotopic (exact) mass is 210 g/mol. The van der Waals surface area contributed by atoms with Crippen LogP contribution < -0.4 is 0 Å². The molecule has 0 bridgehead atoms. The van der Waals surface area contributed by atoms with Gasteiger partial charge in [0.15, 0.2) is 0 Å². The number of rotatable bonds is 1. The van der Waals surface area contributed by atoms with Crippen molar-refractivity contribution in [1.29, 1.82) is 0 Å². The molecule has 0 N–H and O–H groups in total. The van der Waals surface area contributed by atoms with Crippen LogP contribution in [0.15, 0.2) is 0 Å². The zero-order valence-corrected chi connectivity index (χ0v) is 10.1. The van der Waals surface area contributed by atoms with Gasteiger partial charge in [-0.3, -0.25) is 0 Å². The molecule has 0 heterocycles. The van der Waals surface area contributed by atoms with Crippen LogP contribution in [0.2, 0.25) is 24.0 Å². The van der Waals surface area contributed by atoms with Crippen LogP contribution >= 0.6 is 0 Å². The molecule has 0 aliphatic carbocycles. The molecule has 0 aromatic carbocycles. The first-order valence-electron chi connectivity index (χ1n) is 3.41. The summed E-state index contributed by atoms with van der Waals surface area (Å²) in [6.45, 7) is 13.7. The zero-order chi connectivity index (χ0) is 7.71. The molecule has 9 heavy (non-hydrogen) atoms. The SMILES string of the molecule is CC(C)(C)[Se][Si](C)(C)C. The van der Waals surface area contributed by atoms with Gasteiger partial charge in [0.2, 0.25) is 0 Å². The molecule has 0 aliphatic heterocycles. The molecule has 0 spiro atoms. The van der Waals surface area contributed by atoms with Crippen LogP contribution in [-0.2, 0) is 0 Å². The molecule has 0 nitrogen and oxygen atoms in total. The van der Waals surface area contributed by atoms with Gasteiger partial charge in [-0.1, -0.05) is 0 Å². The van der Waals surface area contributed by atoms with Crippen LogP contribution in [0.4, 0.5) is 0 Å². The van der Waals surface area contributed by atoms with Gasteiger partial charge in [0.1, 0.15) is 0 Å². The standard InChI is InChI=1S/C7H18SeSi/c1-7(2,3)8-9(4,5)6/h1-6H3. The van der Waals surface area contributed by atoms with Crippen molar-refractivity contribution in [2.24, 2.45) is 0 Å². The van der Waals surface area contributed by atoms with Crippen molar-refractivity contribution in [1.82, 2.24) is 0 Å². The van der Waals surface area contributed by atoms with E-state index in [1.807, 2.05) is 0 Å². The van der Waals surface area contributed by atoms with E-state index in [0.29, 0.717) is 4.31 Å². The number of hydrogen-bond acceptors (Lipinski definition) is 0. The average molecular weight is 209 g/mol. The Kier molecular flexibility index (Phi) is 3.00. The first-order valence-corrected chi connectivity index (χ1v) is 10.2. The first-order chi connectivity index (χ1) is 3.71. The molecule has 0 unspecified atom stereocenters. The molecule has 0 saturated carbocycles. The Morgan fingerprint density at radius 3 is 1.33 bits per heavy atom. The molecular weight excluding hydrogens is 191 g/mol. The van der Waals surface area contributed by atoms with Crippen LogP contribution in [0, 0.1) is 0 Å². The van der Waals surface area contributed by atoms with Crippen molar-refractivity contribution in [3.8, 4) is 0 Å². The predicted octanol–water partition coefficient (Wildman–Crippen LogP) is 2.74. The van der Waals surface area contributed by atoms with Gasteiger partial charge < -0.3 is 0 Å². The molecule has 0 aromatic heterocycles. The summed E-state index contributed by atoms with van der Waals surface area (Å²) >= 11 is 0.889. The van der Waals surface area contributed by atoms with Crippen LogP contribution in [0.25, 0.3) is 0 Å². The molecule has 0 rings (SSSR count). The minimum absolute atomic E-state index is 0.609. The molecule has 0 fully saturated rings. The third kappa shape index (κ3) is 8.74. The van der Waals surface area contributed by atoms with Crippen LogP contribution in [-0.4, -0.2) is 21.0 Å². The van der Waals surface area contributed by atoms with Crippen LogP contribution in [0.1, 0.15) is 20.8 Å². The van der Waals surface area contributed by atoms with E-state index < -0.39 is 6.68 Å². The summed E-state index contributed by atoms with van der Waals surface area (Å²) in [7, 11) is 0. The van der Waals surface area contributed by atoms with Gasteiger partial charge in [-0.15, -0.1) is 0 Å². The van der Waals surface area contributed by atoms with Gasteiger partial charge in [0.05, 0.1) is 0 Å². The second-order valence-corrected chi connectivity index (χ2v) is 20.3. The molecule has 0 aromatic rings. The van der Waals surface area contributed by atoms with Crippen LogP contribution in [0.3, 0.4) is 0 Å². The van der Waals surface area contributed by atoms with Gasteiger partial charge >= 0.3 is 65.7 Å². The normalized spacial score (nSPS) is 14.0. The quantitative estimate of drug-likeness (QED) is 0.582. The van der Waals surface area contributed by atoms with Crippen molar-refractivity contribution in [2.75, 3.05) is 0 Å². The Hall–Kier alpha value is 0.736. The molecule has 0 atom stereocenters. The molecule has 0 radical (unpaired) electrons. The van der Waals surface area contributed by atoms with E-state index in [-0.39, 0.29) is 0 Å². The minimum atomic E-state index is -0.730. The first kappa shape index (κ1) is 9.74. The van der Waals surface area contributed by atoms with E-state index in [4.69, 9.17) is 0 Å². The fraction of sp³-hybridized carbons (Fsp3) is 1.00. The molecule has 56 valence electrons. The van der Waals surface area contributed by atoms with Crippen molar-refractivity contribution < 1.29 is 0 Å². The summed E-state index contributed by atoms with van der Waals surface area (Å²) in [5.74, 6) is 0. The molecule has 0 aliphatic rings. The fourth-order valence-corrected chi connectivity index (χ4v) is 14.3. The van der Waals surface area contributed by atoms with E-state index >= 15 is 0 Å². The number of hydrogen-bond donors (Lipinski definition) is 0. The van der Waals surface area contributed by atoms with Crippen molar-refractivity contribution >= 4 is 21.0 Å². The van der Waals surface area contributed by atoms with Crippen molar-refractivity contribution in [3.05, 3.63) is 0 Å². The Labute approximate surface area is 66.0 Å². The van der Waals surface area contributed by atoms with Gasteiger partial charge in [0, 0.05) is 0 Å². The van der Waals surface area contributed by atoms with E-state index in [0.717, 1.165) is 14.3 Å². The maximum absolute atomic E-state index is 2.46. The summed E-state index contributed by atoms with van der Waals surface area (Å²) in [5, 5.41) is 0. The third-order valence-corrected chi connectivity index (χ3v) is 9.55. The fourth-order valence-electron chi connectivity index (χ4n) is 0.919. The second-order valence-electron chi connectivity index (χ2n) is 4.33. The molecule has 2 heteroatoms. The van der Waals surface area contributed by atoms with E-state index in [9.17, 15) is 0 Å². The summed E-state index contributed by atoms with van der Waals surface area (Å²) in [5.41, 5.74) is 0. The zero-order valence-electron chi connectivity index (χ0n) is 7.41. The summed E-state index contributed by atoms with van der Waals surface area (Å²) in [6.07, 6.45) is 0. The Morgan fingerprint density at radius 2 is 1.33 bits per heavy atom. The van der Waals surface area contributed by atoms with E-state index in [1.54, 1.807) is 0 Å².